The number of halogens is 1. The summed E-state index contributed by atoms with van der Waals surface area (Å²) in [5.74, 6) is 0. The first kappa shape index (κ1) is 34.5. The van der Waals surface area contributed by atoms with Crippen molar-refractivity contribution in [3.05, 3.63) is 144 Å². The Bertz CT molecular complexity index is 1700. The number of carbonyl (C=O) groups is 1. The Hall–Kier alpha value is -4.33. The number of H-pyrrole nitrogens is 2. The lowest BCUT2D eigenvalue weighted by Crippen LogP contribution is -2.26. The van der Waals surface area contributed by atoms with Gasteiger partial charge in [0.2, 0.25) is 0 Å². The molecule has 240 valence electrons. The number of ether oxygens (including phenoxy) is 1. The van der Waals surface area contributed by atoms with Gasteiger partial charge >= 0.3 is 6.09 Å². The van der Waals surface area contributed by atoms with E-state index in [-0.39, 0.29) is 6.09 Å². The third kappa shape index (κ3) is 11.5. The van der Waals surface area contributed by atoms with Gasteiger partial charge in [0.1, 0.15) is 0 Å². The third-order valence-corrected chi connectivity index (χ3v) is 8.12. The van der Waals surface area contributed by atoms with Gasteiger partial charge in [-0.1, -0.05) is 113 Å². The second-order valence-electron chi connectivity index (χ2n) is 10.9. The van der Waals surface area contributed by atoms with E-state index in [2.05, 4.69) is 97.9 Å². The van der Waals surface area contributed by atoms with E-state index in [9.17, 15) is 4.79 Å². The third-order valence-electron chi connectivity index (χ3n) is 7.55. The van der Waals surface area contributed by atoms with Crippen LogP contribution in [0.5, 0.6) is 0 Å². The van der Waals surface area contributed by atoms with Gasteiger partial charge in [-0.3, -0.25) is 0 Å². The van der Waals surface area contributed by atoms with Gasteiger partial charge in [-0.15, -0.1) is 0 Å². The summed E-state index contributed by atoms with van der Waals surface area (Å²) in [7, 11) is 0. The SMILES string of the molecule is BrCCCc1ccccc1.NCCc1c[nH]c2ccccc12.O=C(NCCc1c[nH]c2ccccc12)OCCCc1ccccc1. The topological polar surface area (TPSA) is 95.9 Å². The Morgan fingerprint density at radius 2 is 1.15 bits per heavy atom. The maximum Gasteiger partial charge on any atom is 0.407 e. The molecule has 4 aromatic carbocycles. The minimum Gasteiger partial charge on any atom is -0.450 e. The molecule has 0 bridgehead atoms. The first-order chi connectivity index (χ1) is 22.7. The van der Waals surface area contributed by atoms with E-state index in [1.54, 1.807) is 0 Å². The van der Waals surface area contributed by atoms with E-state index in [1.807, 2.05) is 54.9 Å². The standard InChI is InChI=1S/C20H22N2O2.C10H12N2.C9H11Br/c23-20(24-14-6-9-16-7-2-1-3-8-16)21-13-12-17-15-22-19-11-5-4-10-18(17)19;11-6-5-8-7-12-10-4-2-1-3-9(8)10;10-8-4-7-9-5-2-1-3-6-9/h1-5,7-8,10-11,15,22H,6,9,12-14H2,(H,21,23);1-4,7,12H,5-6,11H2;1-3,5-6H,4,7-8H2. The van der Waals surface area contributed by atoms with Crippen LogP contribution in [0.2, 0.25) is 0 Å². The summed E-state index contributed by atoms with van der Waals surface area (Å²) in [6.45, 7) is 1.72. The highest BCUT2D eigenvalue weighted by molar-refractivity contribution is 9.09. The molecule has 0 aliphatic rings. The number of para-hydroxylation sites is 2. The van der Waals surface area contributed by atoms with Crippen LogP contribution in [0.1, 0.15) is 35.1 Å². The molecule has 0 atom stereocenters. The second kappa shape index (κ2) is 19.9. The fourth-order valence-electron chi connectivity index (χ4n) is 5.18. The van der Waals surface area contributed by atoms with Crippen LogP contribution in [0, 0.1) is 0 Å². The summed E-state index contributed by atoms with van der Waals surface area (Å²) in [6, 6.07) is 37.2. The molecule has 1 amide bonds. The van der Waals surface area contributed by atoms with Crippen LogP contribution in [0.15, 0.2) is 122 Å². The lowest BCUT2D eigenvalue weighted by molar-refractivity contribution is 0.145. The van der Waals surface area contributed by atoms with Gasteiger partial charge in [0.25, 0.3) is 0 Å². The van der Waals surface area contributed by atoms with Crippen molar-refractivity contribution >= 4 is 43.8 Å². The van der Waals surface area contributed by atoms with Crippen molar-refractivity contribution in [2.45, 2.75) is 38.5 Å². The largest absolute Gasteiger partial charge is 0.450 e. The summed E-state index contributed by atoms with van der Waals surface area (Å²) in [5.41, 5.74) is 13.0. The summed E-state index contributed by atoms with van der Waals surface area (Å²) >= 11 is 3.41. The van der Waals surface area contributed by atoms with Gasteiger partial charge in [0.15, 0.2) is 0 Å². The smallest absolute Gasteiger partial charge is 0.407 e. The predicted octanol–water partition coefficient (Wildman–Crippen LogP) is 8.75. The average Bonchev–Trinajstić information content (AvgIpc) is 3.72. The molecule has 6 nitrogen and oxygen atoms in total. The molecule has 6 rings (SSSR count). The van der Waals surface area contributed by atoms with E-state index >= 15 is 0 Å². The van der Waals surface area contributed by atoms with E-state index < -0.39 is 0 Å². The van der Waals surface area contributed by atoms with Crippen molar-refractivity contribution in [1.82, 2.24) is 15.3 Å². The number of aromatic nitrogens is 2. The summed E-state index contributed by atoms with van der Waals surface area (Å²) in [5, 5.41) is 6.41. The normalized spacial score (nSPS) is 10.5. The van der Waals surface area contributed by atoms with Crippen molar-refractivity contribution in [2.75, 3.05) is 25.0 Å². The summed E-state index contributed by atoms with van der Waals surface area (Å²) in [4.78, 5) is 18.2. The number of alkyl carbamates (subject to hydrolysis) is 1. The highest BCUT2D eigenvalue weighted by atomic mass is 79.9. The molecule has 0 saturated carbocycles. The molecule has 0 aliphatic heterocycles. The zero-order chi connectivity index (χ0) is 32.2. The molecular weight excluding hydrogens is 636 g/mol. The number of rotatable bonds is 12. The Balaban J connectivity index is 0.000000181. The number of nitrogens with two attached hydrogens (primary N) is 1. The van der Waals surface area contributed by atoms with Crippen LogP contribution in [0.3, 0.4) is 0 Å². The number of amides is 1. The van der Waals surface area contributed by atoms with Crippen LogP contribution in [-0.4, -0.2) is 41.1 Å². The summed E-state index contributed by atoms with van der Waals surface area (Å²) in [6.07, 6.45) is 9.59. The lowest BCUT2D eigenvalue weighted by Gasteiger charge is -2.07. The van der Waals surface area contributed by atoms with Gasteiger partial charge < -0.3 is 25.8 Å². The fraction of sp³-hybridized carbons (Fsp3) is 0.256. The monoisotopic (exact) mass is 680 g/mol. The number of carbonyl (C=O) groups excluding carboxylic acids is 1. The molecule has 5 N–H and O–H groups in total. The van der Waals surface area contributed by atoms with Crippen molar-refractivity contribution in [2.24, 2.45) is 5.73 Å². The fourth-order valence-corrected chi connectivity index (χ4v) is 5.46. The van der Waals surface area contributed by atoms with Gasteiger partial charge in [-0.25, -0.2) is 4.79 Å². The Kier molecular flexibility index (Phi) is 15.0. The first-order valence-corrected chi connectivity index (χ1v) is 17.1. The second-order valence-corrected chi connectivity index (χ2v) is 11.7. The Labute approximate surface area is 280 Å². The summed E-state index contributed by atoms with van der Waals surface area (Å²) < 4.78 is 5.21. The lowest BCUT2D eigenvalue weighted by atomic mass is 10.1. The van der Waals surface area contributed by atoms with Gasteiger partial charge in [-0.2, -0.15) is 0 Å². The number of fused-ring (bicyclic) bond motifs is 2. The molecule has 7 heteroatoms. The molecule has 46 heavy (non-hydrogen) atoms. The maximum atomic E-state index is 11.7. The Morgan fingerprint density at radius 1 is 0.652 bits per heavy atom. The van der Waals surface area contributed by atoms with Crippen molar-refractivity contribution < 1.29 is 9.53 Å². The van der Waals surface area contributed by atoms with E-state index in [0.717, 1.165) is 36.5 Å². The number of aryl methyl sites for hydroxylation is 2. The van der Waals surface area contributed by atoms with Crippen LogP contribution in [-0.2, 0) is 30.4 Å². The molecule has 0 fully saturated rings. The van der Waals surface area contributed by atoms with Crippen LogP contribution in [0.4, 0.5) is 4.79 Å². The minimum atomic E-state index is -0.345. The molecule has 0 aliphatic carbocycles. The van der Waals surface area contributed by atoms with Gasteiger partial charge in [0, 0.05) is 46.1 Å². The first-order valence-electron chi connectivity index (χ1n) is 16.0. The quantitative estimate of drug-likeness (QED) is 0.0769. The van der Waals surface area contributed by atoms with E-state index in [0.29, 0.717) is 19.7 Å². The molecule has 0 spiro atoms. The predicted molar refractivity (Wildman–Crippen MR) is 196 cm³/mol. The van der Waals surface area contributed by atoms with Crippen LogP contribution >= 0.6 is 15.9 Å². The van der Waals surface area contributed by atoms with Crippen molar-refractivity contribution in [1.29, 1.82) is 0 Å². The highest BCUT2D eigenvalue weighted by Crippen LogP contribution is 2.18. The van der Waals surface area contributed by atoms with Crippen molar-refractivity contribution in [3.8, 4) is 0 Å². The number of nitrogens with one attached hydrogen (secondary N) is 3. The molecule has 0 radical (unpaired) electrons. The minimum absolute atomic E-state index is 0.345. The van der Waals surface area contributed by atoms with E-state index in [4.69, 9.17) is 10.5 Å². The van der Waals surface area contributed by atoms with Gasteiger partial charge in [0.05, 0.1) is 6.61 Å². The van der Waals surface area contributed by atoms with Gasteiger partial charge in [-0.05, 0) is 79.5 Å². The highest BCUT2D eigenvalue weighted by Gasteiger charge is 2.05. The molecule has 0 saturated heterocycles. The number of hydrogen-bond donors (Lipinski definition) is 4. The van der Waals surface area contributed by atoms with E-state index in [1.165, 1.54) is 51.4 Å². The molecule has 0 unspecified atom stereocenters. The zero-order valence-corrected chi connectivity index (χ0v) is 28.0. The molecule has 6 aromatic rings. The van der Waals surface area contributed by atoms with Crippen LogP contribution in [0.25, 0.3) is 21.8 Å². The average molecular weight is 682 g/mol. The number of alkyl halides is 1. The number of aromatic amines is 2. The molecular formula is C39H45BrN4O2. The zero-order valence-electron chi connectivity index (χ0n) is 26.4. The number of hydrogen-bond acceptors (Lipinski definition) is 3. The maximum absolute atomic E-state index is 11.7. The van der Waals surface area contributed by atoms with Crippen LogP contribution < -0.4 is 11.1 Å². The Morgan fingerprint density at radius 3 is 1.70 bits per heavy atom. The van der Waals surface area contributed by atoms with Crippen molar-refractivity contribution in [3.63, 3.8) is 0 Å². The molecule has 2 aromatic heterocycles. The molecule has 2 heterocycles. The number of benzene rings is 4.